The molecule has 0 saturated carbocycles. The predicted molar refractivity (Wildman–Crippen MR) is 59.8 cm³/mol. The van der Waals surface area contributed by atoms with E-state index in [0.29, 0.717) is 13.0 Å². The molecule has 1 aliphatic rings. The van der Waals surface area contributed by atoms with Gasteiger partial charge in [-0.15, -0.1) is 0 Å². The Balaban J connectivity index is 2.25. The lowest BCUT2D eigenvalue weighted by atomic mass is 10.2. The third-order valence-corrected chi connectivity index (χ3v) is 2.76. The molecule has 0 aromatic rings. The number of rotatable bonds is 5. The van der Waals surface area contributed by atoms with Gasteiger partial charge in [0.25, 0.3) is 0 Å². The van der Waals surface area contributed by atoms with Crippen LogP contribution in [0.2, 0.25) is 0 Å². The zero-order chi connectivity index (χ0) is 11.1. The standard InChI is InChI=1S/C11H22N2O2/c1-3-10-9-13(7-8-15-10)11(14)5-4-6-12-2/h10,12H,3-9H2,1-2H3. The Labute approximate surface area is 92.0 Å². The molecule has 0 aromatic carbocycles. The van der Waals surface area contributed by atoms with Gasteiger partial charge >= 0.3 is 0 Å². The monoisotopic (exact) mass is 214 g/mol. The maximum absolute atomic E-state index is 11.8. The zero-order valence-electron chi connectivity index (χ0n) is 9.79. The van der Waals surface area contributed by atoms with Crippen LogP contribution in [0.25, 0.3) is 0 Å². The minimum atomic E-state index is 0.243. The molecule has 4 heteroatoms. The van der Waals surface area contributed by atoms with Crippen LogP contribution in [0.3, 0.4) is 0 Å². The van der Waals surface area contributed by atoms with Crippen molar-refractivity contribution >= 4 is 5.91 Å². The Morgan fingerprint density at radius 3 is 3.07 bits per heavy atom. The topological polar surface area (TPSA) is 41.6 Å². The fourth-order valence-electron chi connectivity index (χ4n) is 1.77. The Morgan fingerprint density at radius 2 is 2.40 bits per heavy atom. The van der Waals surface area contributed by atoms with Crippen LogP contribution in [0.5, 0.6) is 0 Å². The first-order valence-electron chi connectivity index (χ1n) is 5.82. The van der Waals surface area contributed by atoms with E-state index in [9.17, 15) is 4.79 Å². The summed E-state index contributed by atoms with van der Waals surface area (Å²) in [5.74, 6) is 0.270. The van der Waals surface area contributed by atoms with Gasteiger partial charge in [0.05, 0.1) is 12.7 Å². The molecule has 0 spiro atoms. The van der Waals surface area contributed by atoms with Gasteiger partial charge in [-0.3, -0.25) is 4.79 Å². The molecule has 0 aromatic heterocycles. The number of nitrogens with zero attached hydrogens (tertiary/aromatic N) is 1. The van der Waals surface area contributed by atoms with Crippen LogP contribution in [-0.4, -0.2) is 50.2 Å². The molecule has 0 radical (unpaired) electrons. The number of ether oxygens (including phenoxy) is 1. The van der Waals surface area contributed by atoms with Crippen molar-refractivity contribution in [1.82, 2.24) is 10.2 Å². The molecule has 1 atom stereocenters. The highest BCUT2D eigenvalue weighted by Gasteiger charge is 2.22. The van der Waals surface area contributed by atoms with E-state index in [4.69, 9.17) is 4.74 Å². The average Bonchev–Trinajstić information content (AvgIpc) is 2.29. The van der Waals surface area contributed by atoms with Gasteiger partial charge in [0, 0.05) is 19.5 Å². The fraction of sp³-hybridized carbons (Fsp3) is 0.909. The van der Waals surface area contributed by atoms with Crippen molar-refractivity contribution in [2.75, 3.05) is 33.3 Å². The van der Waals surface area contributed by atoms with Gasteiger partial charge < -0.3 is 15.0 Å². The number of hydrogen-bond acceptors (Lipinski definition) is 3. The Bertz CT molecular complexity index is 197. The smallest absolute Gasteiger partial charge is 0.222 e. The van der Waals surface area contributed by atoms with Crippen molar-refractivity contribution in [3.8, 4) is 0 Å². The van der Waals surface area contributed by atoms with E-state index in [0.717, 1.165) is 32.5 Å². The van der Waals surface area contributed by atoms with Crippen LogP contribution >= 0.6 is 0 Å². The molecule has 1 saturated heterocycles. The van der Waals surface area contributed by atoms with Crippen molar-refractivity contribution in [2.45, 2.75) is 32.3 Å². The number of carbonyl (C=O) groups is 1. The molecule has 15 heavy (non-hydrogen) atoms. The number of carbonyl (C=O) groups excluding carboxylic acids is 1. The summed E-state index contributed by atoms with van der Waals surface area (Å²) < 4.78 is 5.53. The van der Waals surface area contributed by atoms with Crippen LogP contribution in [0.1, 0.15) is 26.2 Å². The number of morpholine rings is 1. The second-order valence-corrected chi connectivity index (χ2v) is 3.95. The Kier molecular flexibility index (Phi) is 5.65. The normalized spacial score (nSPS) is 21.7. The maximum Gasteiger partial charge on any atom is 0.222 e. The van der Waals surface area contributed by atoms with Gasteiger partial charge in [0.2, 0.25) is 5.91 Å². The summed E-state index contributed by atoms with van der Waals surface area (Å²) >= 11 is 0. The first-order valence-corrected chi connectivity index (χ1v) is 5.82. The lowest BCUT2D eigenvalue weighted by molar-refractivity contribution is -0.138. The summed E-state index contributed by atoms with van der Waals surface area (Å²) in [6.07, 6.45) is 2.80. The summed E-state index contributed by atoms with van der Waals surface area (Å²) in [7, 11) is 1.91. The van der Waals surface area contributed by atoms with E-state index in [1.165, 1.54) is 0 Å². The first kappa shape index (κ1) is 12.5. The number of nitrogens with one attached hydrogen (secondary N) is 1. The van der Waals surface area contributed by atoms with Crippen molar-refractivity contribution in [3.63, 3.8) is 0 Å². The van der Waals surface area contributed by atoms with E-state index in [-0.39, 0.29) is 12.0 Å². The van der Waals surface area contributed by atoms with Crippen molar-refractivity contribution in [3.05, 3.63) is 0 Å². The molecular formula is C11H22N2O2. The highest BCUT2D eigenvalue weighted by molar-refractivity contribution is 5.76. The second kappa shape index (κ2) is 6.80. The molecule has 1 aliphatic heterocycles. The predicted octanol–water partition coefficient (Wildman–Crippen LogP) is 0.623. The molecule has 1 amide bonds. The summed E-state index contributed by atoms with van der Waals surface area (Å²) in [6.45, 7) is 5.23. The summed E-state index contributed by atoms with van der Waals surface area (Å²) in [6, 6.07) is 0. The van der Waals surface area contributed by atoms with Crippen LogP contribution in [0, 0.1) is 0 Å². The highest BCUT2D eigenvalue weighted by Crippen LogP contribution is 2.09. The van der Waals surface area contributed by atoms with Crippen LogP contribution in [0.4, 0.5) is 0 Å². The van der Waals surface area contributed by atoms with E-state index >= 15 is 0 Å². The minimum Gasteiger partial charge on any atom is -0.375 e. The van der Waals surface area contributed by atoms with Gasteiger partial charge in [-0.1, -0.05) is 6.92 Å². The van der Waals surface area contributed by atoms with E-state index in [2.05, 4.69) is 12.2 Å². The van der Waals surface area contributed by atoms with Gasteiger partial charge in [0.15, 0.2) is 0 Å². The largest absolute Gasteiger partial charge is 0.375 e. The molecule has 0 aliphatic carbocycles. The van der Waals surface area contributed by atoms with E-state index in [1.54, 1.807) is 0 Å². The van der Waals surface area contributed by atoms with Crippen LogP contribution in [-0.2, 0) is 9.53 Å². The SMILES string of the molecule is CCC1CN(C(=O)CCCNC)CCO1. The molecular weight excluding hydrogens is 192 g/mol. The highest BCUT2D eigenvalue weighted by atomic mass is 16.5. The molecule has 4 nitrogen and oxygen atoms in total. The van der Waals surface area contributed by atoms with E-state index in [1.807, 2.05) is 11.9 Å². The molecule has 1 rings (SSSR count). The molecule has 1 fully saturated rings. The molecule has 1 N–H and O–H groups in total. The maximum atomic E-state index is 11.8. The Morgan fingerprint density at radius 1 is 1.60 bits per heavy atom. The lowest BCUT2D eigenvalue weighted by Crippen LogP contribution is -2.45. The van der Waals surface area contributed by atoms with Gasteiger partial charge in [-0.2, -0.15) is 0 Å². The molecule has 1 heterocycles. The van der Waals surface area contributed by atoms with Crippen LogP contribution in [0.15, 0.2) is 0 Å². The van der Waals surface area contributed by atoms with Gasteiger partial charge in [-0.05, 0) is 26.4 Å². The fourth-order valence-corrected chi connectivity index (χ4v) is 1.77. The van der Waals surface area contributed by atoms with Gasteiger partial charge in [0.1, 0.15) is 0 Å². The zero-order valence-corrected chi connectivity index (χ0v) is 9.79. The van der Waals surface area contributed by atoms with Gasteiger partial charge in [-0.25, -0.2) is 0 Å². The molecule has 0 bridgehead atoms. The van der Waals surface area contributed by atoms with Crippen molar-refractivity contribution in [1.29, 1.82) is 0 Å². The number of hydrogen-bond donors (Lipinski definition) is 1. The van der Waals surface area contributed by atoms with Crippen LogP contribution < -0.4 is 5.32 Å². The minimum absolute atomic E-state index is 0.243. The molecule has 1 unspecified atom stereocenters. The quantitative estimate of drug-likeness (QED) is 0.682. The van der Waals surface area contributed by atoms with E-state index < -0.39 is 0 Å². The summed E-state index contributed by atoms with van der Waals surface area (Å²) in [5.41, 5.74) is 0. The summed E-state index contributed by atoms with van der Waals surface area (Å²) in [5, 5.41) is 3.05. The van der Waals surface area contributed by atoms with Crippen molar-refractivity contribution in [2.24, 2.45) is 0 Å². The lowest BCUT2D eigenvalue weighted by Gasteiger charge is -2.32. The third kappa shape index (κ3) is 4.18. The summed E-state index contributed by atoms with van der Waals surface area (Å²) in [4.78, 5) is 13.7. The first-order chi connectivity index (χ1) is 7.27. The number of amides is 1. The Hall–Kier alpha value is -0.610. The third-order valence-electron chi connectivity index (χ3n) is 2.76. The molecule has 88 valence electrons. The second-order valence-electron chi connectivity index (χ2n) is 3.95. The van der Waals surface area contributed by atoms with Crippen molar-refractivity contribution < 1.29 is 9.53 Å². The average molecular weight is 214 g/mol.